The van der Waals surface area contributed by atoms with Crippen LogP contribution in [-0.4, -0.2) is 24.7 Å². The lowest BCUT2D eigenvalue weighted by Crippen LogP contribution is -2.48. The number of carbonyl (C=O) groups is 1. The predicted octanol–water partition coefficient (Wildman–Crippen LogP) is 5.10. The van der Waals surface area contributed by atoms with Gasteiger partial charge in [0.05, 0.1) is 6.61 Å². The Morgan fingerprint density at radius 2 is 2.16 bits per heavy atom. The average molecular weight is 347 g/mol. The van der Waals surface area contributed by atoms with E-state index < -0.39 is 5.60 Å². The van der Waals surface area contributed by atoms with E-state index in [2.05, 4.69) is 19.2 Å². The fourth-order valence-electron chi connectivity index (χ4n) is 3.64. The Hall–Kier alpha value is -1.55. The Balaban J connectivity index is 2.06. The summed E-state index contributed by atoms with van der Waals surface area (Å²) in [7, 11) is 0. The first-order valence-corrected chi connectivity index (χ1v) is 9.69. The fraction of sp³-hybridized carbons (Fsp3) is 0.667. The lowest BCUT2D eigenvalue weighted by molar-refractivity contribution is -0.147. The van der Waals surface area contributed by atoms with E-state index in [1.54, 1.807) is 0 Å². The van der Waals surface area contributed by atoms with Crippen molar-refractivity contribution < 1.29 is 14.3 Å². The second-order valence-electron chi connectivity index (χ2n) is 7.27. The molecule has 1 aliphatic rings. The number of anilines is 1. The topological polar surface area (TPSA) is 47.6 Å². The molecule has 1 N–H and O–H groups in total. The number of aryl methyl sites for hydroxylation is 1. The van der Waals surface area contributed by atoms with Crippen LogP contribution in [0, 0.1) is 12.8 Å². The maximum absolute atomic E-state index is 13.0. The predicted molar refractivity (Wildman–Crippen MR) is 102 cm³/mol. The van der Waals surface area contributed by atoms with E-state index in [0.29, 0.717) is 12.5 Å². The van der Waals surface area contributed by atoms with Gasteiger partial charge in [-0.2, -0.15) is 0 Å². The lowest BCUT2D eigenvalue weighted by atomic mass is 9.78. The molecule has 1 aromatic rings. The molecule has 2 rings (SSSR count). The number of benzene rings is 1. The molecular weight excluding hydrogens is 314 g/mol. The van der Waals surface area contributed by atoms with E-state index in [1.807, 2.05) is 32.0 Å². The summed E-state index contributed by atoms with van der Waals surface area (Å²) in [5.41, 5.74) is 1.16. The summed E-state index contributed by atoms with van der Waals surface area (Å²) in [4.78, 5) is 13.0. The van der Waals surface area contributed by atoms with Crippen molar-refractivity contribution in [2.75, 3.05) is 18.5 Å². The molecule has 0 spiro atoms. The molecule has 1 aliphatic carbocycles. The molecule has 1 saturated carbocycles. The van der Waals surface area contributed by atoms with Crippen LogP contribution in [0.1, 0.15) is 64.9 Å². The molecule has 25 heavy (non-hydrogen) atoms. The molecule has 0 bridgehead atoms. The second kappa shape index (κ2) is 9.23. The van der Waals surface area contributed by atoms with Crippen LogP contribution in [0.25, 0.3) is 0 Å². The summed E-state index contributed by atoms with van der Waals surface area (Å²) < 4.78 is 11.7. The molecule has 0 aromatic heterocycles. The third kappa shape index (κ3) is 5.21. The molecule has 0 heterocycles. The van der Waals surface area contributed by atoms with Crippen molar-refractivity contribution in [1.29, 1.82) is 0 Å². The van der Waals surface area contributed by atoms with Gasteiger partial charge in [0, 0.05) is 12.3 Å². The molecule has 0 unspecified atom stereocenters. The molecule has 0 aliphatic heterocycles. The van der Waals surface area contributed by atoms with Crippen LogP contribution in [0.5, 0.6) is 5.75 Å². The quantitative estimate of drug-likeness (QED) is 0.666. The standard InChI is InChI=1S/C21H33NO3/c1-5-7-13-24-19-11-10-18(14-17(19)4)22-20(23)21(25-6-2)12-8-9-16(3)15-21/h10-11,14,16H,5-9,12-13,15H2,1-4H3,(H,22,23)/t16-,21-/m1/s1. The van der Waals surface area contributed by atoms with Crippen LogP contribution < -0.4 is 10.1 Å². The van der Waals surface area contributed by atoms with Crippen molar-refractivity contribution >= 4 is 11.6 Å². The summed E-state index contributed by atoms with van der Waals surface area (Å²) in [5.74, 6) is 1.39. The van der Waals surface area contributed by atoms with E-state index >= 15 is 0 Å². The van der Waals surface area contributed by atoms with Crippen molar-refractivity contribution in [2.24, 2.45) is 5.92 Å². The number of carbonyl (C=O) groups excluding carboxylic acids is 1. The van der Waals surface area contributed by atoms with Gasteiger partial charge in [-0.05, 0) is 69.2 Å². The normalized spacial score (nSPS) is 23.3. The van der Waals surface area contributed by atoms with Crippen LogP contribution in [0.3, 0.4) is 0 Å². The molecule has 2 atom stereocenters. The first kappa shape index (κ1) is 19.8. The third-order valence-electron chi connectivity index (χ3n) is 4.98. The van der Waals surface area contributed by atoms with Crippen LogP contribution in [0.2, 0.25) is 0 Å². The Morgan fingerprint density at radius 3 is 2.80 bits per heavy atom. The number of hydrogen-bond acceptors (Lipinski definition) is 3. The van der Waals surface area contributed by atoms with E-state index in [-0.39, 0.29) is 5.91 Å². The molecule has 1 amide bonds. The van der Waals surface area contributed by atoms with Gasteiger partial charge < -0.3 is 14.8 Å². The van der Waals surface area contributed by atoms with Crippen LogP contribution >= 0.6 is 0 Å². The number of amides is 1. The van der Waals surface area contributed by atoms with Crippen molar-refractivity contribution in [3.05, 3.63) is 23.8 Å². The first-order chi connectivity index (χ1) is 12.0. The van der Waals surface area contributed by atoms with Gasteiger partial charge in [-0.1, -0.05) is 26.7 Å². The second-order valence-corrected chi connectivity index (χ2v) is 7.27. The minimum Gasteiger partial charge on any atom is -0.493 e. The minimum atomic E-state index is -0.684. The molecule has 0 saturated heterocycles. The van der Waals surface area contributed by atoms with Crippen LogP contribution in [-0.2, 0) is 9.53 Å². The largest absolute Gasteiger partial charge is 0.493 e. The molecule has 4 heteroatoms. The Morgan fingerprint density at radius 1 is 1.36 bits per heavy atom. The first-order valence-electron chi connectivity index (χ1n) is 9.69. The highest BCUT2D eigenvalue weighted by molar-refractivity contribution is 5.97. The van der Waals surface area contributed by atoms with Gasteiger partial charge in [-0.3, -0.25) is 4.79 Å². The van der Waals surface area contributed by atoms with Gasteiger partial charge in [0.15, 0.2) is 0 Å². The maximum atomic E-state index is 13.0. The number of nitrogens with one attached hydrogen (secondary N) is 1. The Labute approximate surface area is 152 Å². The lowest BCUT2D eigenvalue weighted by Gasteiger charge is -2.38. The molecule has 4 nitrogen and oxygen atoms in total. The zero-order valence-electron chi connectivity index (χ0n) is 16.2. The van der Waals surface area contributed by atoms with E-state index in [4.69, 9.17) is 9.47 Å². The number of ether oxygens (including phenoxy) is 2. The van der Waals surface area contributed by atoms with Gasteiger partial charge >= 0.3 is 0 Å². The Bertz CT molecular complexity index is 568. The van der Waals surface area contributed by atoms with Crippen molar-refractivity contribution in [3.8, 4) is 5.75 Å². The van der Waals surface area contributed by atoms with Crippen LogP contribution in [0.4, 0.5) is 5.69 Å². The SMILES string of the molecule is CCCCOc1ccc(NC(=O)[C@@]2(OCC)CCC[C@@H](C)C2)cc1C. The zero-order valence-corrected chi connectivity index (χ0v) is 16.2. The monoisotopic (exact) mass is 347 g/mol. The molecule has 1 fully saturated rings. The minimum absolute atomic E-state index is 0.0139. The van der Waals surface area contributed by atoms with Gasteiger partial charge in [-0.15, -0.1) is 0 Å². The highest BCUT2D eigenvalue weighted by atomic mass is 16.5. The summed E-state index contributed by atoms with van der Waals surface area (Å²) in [6, 6.07) is 5.83. The molecular formula is C21H33NO3. The van der Waals surface area contributed by atoms with Gasteiger partial charge in [0.25, 0.3) is 5.91 Å². The maximum Gasteiger partial charge on any atom is 0.256 e. The Kier molecular flexibility index (Phi) is 7.30. The molecule has 0 radical (unpaired) electrons. The summed E-state index contributed by atoms with van der Waals surface area (Å²) in [6.07, 6.45) is 5.97. The highest BCUT2D eigenvalue weighted by Gasteiger charge is 2.42. The van der Waals surface area contributed by atoms with E-state index in [9.17, 15) is 4.79 Å². The summed E-state index contributed by atoms with van der Waals surface area (Å²) >= 11 is 0. The molecule has 140 valence electrons. The van der Waals surface area contributed by atoms with Crippen LogP contribution in [0.15, 0.2) is 18.2 Å². The van der Waals surface area contributed by atoms with E-state index in [0.717, 1.165) is 55.7 Å². The third-order valence-corrected chi connectivity index (χ3v) is 4.98. The van der Waals surface area contributed by atoms with Crippen molar-refractivity contribution in [2.45, 2.75) is 71.8 Å². The van der Waals surface area contributed by atoms with Gasteiger partial charge in [0.1, 0.15) is 11.4 Å². The van der Waals surface area contributed by atoms with E-state index in [1.165, 1.54) is 6.42 Å². The molecule has 1 aromatic carbocycles. The highest BCUT2D eigenvalue weighted by Crippen LogP contribution is 2.36. The zero-order chi connectivity index (χ0) is 18.3. The number of unbranched alkanes of at least 4 members (excludes halogenated alkanes) is 1. The number of hydrogen-bond donors (Lipinski definition) is 1. The van der Waals surface area contributed by atoms with Gasteiger partial charge in [0.2, 0.25) is 0 Å². The fourth-order valence-corrected chi connectivity index (χ4v) is 3.64. The smallest absolute Gasteiger partial charge is 0.256 e. The number of rotatable bonds is 8. The van der Waals surface area contributed by atoms with Crippen molar-refractivity contribution in [1.82, 2.24) is 0 Å². The summed E-state index contributed by atoms with van der Waals surface area (Å²) in [6.45, 7) is 9.61. The summed E-state index contributed by atoms with van der Waals surface area (Å²) in [5, 5.41) is 3.07. The van der Waals surface area contributed by atoms with Crippen molar-refractivity contribution in [3.63, 3.8) is 0 Å². The average Bonchev–Trinajstić information content (AvgIpc) is 2.57. The van der Waals surface area contributed by atoms with Gasteiger partial charge in [-0.25, -0.2) is 0 Å².